The van der Waals surface area contributed by atoms with Crippen molar-refractivity contribution in [2.45, 2.75) is 37.3 Å². The summed E-state index contributed by atoms with van der Waals surface area (Å²) in [5, 5.41) is 10.9. The maximum atomic E-state index is 11.7. The van der Waals surface area contributed by atoms with E-state index in [1.54, 1.807) is 0 Å². The van der Waals surface area contributed by atoms with Crippen LogP contribution in [0.5, 0.6) is 0 Å². The number of nitrogens with one attached hydrogen (secondary N) is 1. The fourth-order valence-electron chi connectivity index (χ4n) is 1.22. The third-order valence-electron chi connectivity index (χ3n) is 2.10. The van der Waals surface area contributed by atoms with Crippen LogP contribution in [-0.2, 0) is 11.3 Å². The molecule has 1 amide bonds. The molecule has 0 aliphatic heterocycles. The lowest BCUT2D eigenvalue weighted by Gasteiger charge is -2.08. The number of hydrogen-bond acceptors (Lipinski definition) is 6. The van der Waals surface area contributed by atoms with Gasteiger partial charge < -0.3 is 14.6 Å². The Labute approximate surface area is 112 Å². The molecule has 0 radical (unpaired) electrons. The zero-order valence-corrected chi connectivity index (χ0v) is 12.1. The zero-order valence-electron chi connectivity index (χ0n) is 11.3. The minimum Gasteiger partial charge on any atom is -0.415 e. The average Bonchev–Trinajstić information content (AvgIpc) is 2.72. The van der Waals surface area contributed by atoms with Crippen LogP contribution in [0.2, 0.25) is 0 Å². The summed E-state index contributed by atoms with van der Waals surface area (Å²) in [7, 11) is 3.86. The molecular formula is C11H20N4O2S. The predicted octanol–water partition coefficient (Wildman–Crippen LogP) is 1.14. The standard InChI is InChI=1S/C11H20N4O2S/c1-5-6-12-10(16)8(2)18-11-14-13-9(17-11)7-15(3)4/h8H,5-7H2,1-4H3,(H,12,16)/t8-/m0/s1. The van der Waals surface area contributed by atoms with Gasteiger partial charge in [-0.2, -0.15) is 0 Å². The van der Waals surface area contributed by atoms with Gasteiger partial charge >= 0.3 is 0 Å². The molecule has 102 valence electrons. The molecule has 0 unspecified atom stereocenters. The molecule has 1 aromatic heterocycles. The summed E-state index contributed by atoms with van der Waals surface area (Å²) in [6.07, 6.45) is 0.927. The van der Waals surface area contributed by atoms with Gasteiger partial charge in [0.25, 0.3) is 5.22 Å². The summed E-state index contributed by atoms with van der Waals surface area (Å²) < 4.78 is 5.44. The van der Waals surface area contributed by atoms with Gasteiger partial charge in [-0.25, -0.2) is 0 Å². The summed E-state index contributed by atoms with van der Waals surface area (Å²) in [5.41, 5.74) is 0. The van der Waals surface area contributed by atoms with Gasteiger partial charge in [0.1, 0.15) is 0 Å². The van der Waals surface area contributed by atoms with Crippen LogP contribution < -0.4 is 5.32 Å². The molecule has 0 fully saturated rings. The van der Waals surface area contributed by atoms with E-state index >= 15 is 0 Å². The maximum absolute atomic E-state index is 11.7. The van der Waals surface area contributed by atoms with E-state index in [4.69, 9.17) is 4.42 Å². The summed E-state index contributed by atoms with van der Waals surface area (Å²) in [4.78, 5) is 13.6. The fraction of sp³-hybridized carbons (Fsp3) is 0.727. The van der Waals surface area contributed by atoms with Crippen molar-refractivity contribution in [2.24, 2.45) is 0 Å². The number of carbonyl (C=O) groups is 1. The minimum atomic E-state index is -0.232. The Bertz CT molecular complexity index is 381. The number of hydrogen-bond donors (Lipinski definition) is 1. The first-order valence-corrected chi connectivity index (χ1v) is 6.82. The van der Waals surface area contributed by atoms with Crippen molar-refractivity contribution < 1.29 is 9.21 Å². The average molecular weight is 272 g/mol. The summed E-state index contributed by atoms with van der Waals surface area (Å²) in [6, 6.07) is 0. The highest BCUT2D eigenvalue weighted by atomic mass is 32.2. The fourth-order valence-corrected chi connectivity index (χ4v) is 1.94. The largest absolute Gasteiger partial charge is 0.415 e. The van der Waals surface area contributed by atoms with E-state index in [9.17, 15) is 4.79 Å². The molecule has 6 nitrogen and oxygen atoms in total. The highest BCUT2D eigenvalue weighted by molar-refractivity contribution is 8.00. The number of aromatic nitrogens is 2. The van der Waals surface area contributed by atoms with Gasteiger partial charge in [0.05, 0.1) is 11.8 Å². The maximum Gasteiger partial charge on any atom is 0.277 e. The Morgan fingerprint density at radius 1 is 1.50 bits per heavy atom. The van der Waals surface area contributed by atoms with Crippen LogP contribution in [0.15, 0.2) is 9.64 Å². The van der Waals surface area contributed by atoms with E-state index in [-0.39, 0.29) is 11.2 Å². The second-order valence-corrected chi connectivity index (χ2v) is 5.54. The number of carbonyl (C=O) groups excluding carboxylic acids is 1. The van der Waals surface area contributed by atoms with Crippen LogP contribution in [0.4, 0.5) is 0 Å². The summed E-state index contributed by atoms with van der Waals surface area (Å²) in [6.45, 7) is 5.14. The van der Waals surface area contributed by atoms with Gasteiger partial charge in [0.15, 0.2) is 0 Å². The number of nitrogens with zero attached hydrogens (tertiary/aromatic N) is 3. The van der Waals surface area contributed by atoms with Gasteiger partial charge in [-0.1, -0.05) is 18.7 Å². The lowest BCUT2D eigenvalue weighted by Crippen LogP contribution is -2.31. The predicted molar refractivity (Wildman–Crippen MR) is 70.3 cm³/mol. The summed E-state index contributed by atoms with van der Waals surface area (Å²) >= 11 is 1.28. The molecule has 1 rings (SSSR count). The quantitative estimate of drug-likeness (QED) is 0.750. The van der Waals surface area contributed by atoms with Crippen molar-refractivity contribution in [1.82, 2.24) is 20.4 Å². The normalized spacial score (nSPS) is 12.7. The Morgan fingerprint density at radius 3 is 2.83 bits per heavy atom. The Hall–Kier alpha value is -1.08. The first-order valence-electron chi connectivity index (χ1n) is 5.94. The van der Waals surface area contributed by atoms with Crippen LogP contribution >= 0.6 is 11.8 Å². The first-order chi connectivity index (χ1) is 8.52. The molecule has 1 atom stereocenters. The van der Waals surface area contributed by atoms with Crippen molar-refractivity contribution in [1.29, 1.82) is 0 Å². The van der Waals surface area contributed by atoms with Crippen LogP contribution in [0, 0.1) is 0 Å². The molecule has 0 saturated heterocycles. The monoisotopic (exact) mass is 272 g/mol. The van der Waals surface area contributed by atoms with Crippen LogP contribution in [0.3, 0.4) is 0 Å². The second-order valence-electron chi connectivity index (χ2n) is 4.25. The van der Waals surface area contributed by atoms with Crippen molar-refractivity contribution in [3.63, 3.8) is 0 Å². The Balaban J connectivity index is 2.46. The van der Waals surface area contributed by atoms with E-state index in [1.165, 1.54) is 11.8 Å². The van der Waals surface area contributed by atoms with E-state index in [0.29, 0.717) is 24.2 Å². The van der Waals surface area contributed by atoms with Gasteiger partial charge in [-0.15, -0.1) is 10.2 Å². The van der Waals surface area contributed by atoms with Gasteiger partial charge in [-0.3, -0.25) is 4.79 Å². The molecule has 1 N–H and O–H groups in total. The smallest absolute Gasteiger partial charge is 0.277 e. The topological polar surface area (TPSA) is 71.3 Å². The molecule has 0 aliphatic rings. The molecule has 0 aliphatic carbocycles. The SMILES string of the molecule is CCCNC(=O)[C@H](C)Sc1nnc(CN(C)C)o1. The minimum absolute atomic E-state index is 0.00536. The molecule has 0 spiro atoms. The summed E-state index contributed by atoms with van der Waals surface area (Å²) in [5.74, 6) is 0.554. The molecular weight excluding hydrogens is 252 g/mol. The van der Waals surface area contributed by atoms with Crippen molar-refractivity contribution in [3.8, 4) is 0 Å². The first kappa shape index (κ1) is 15.0. The van der Waals surface area contributed by atoms with Gasteiger partial charge in [0, 0.05) is 6.54 Å². The molecule has 18 heavy (non-hydrogen) atoms. The van der Waals surface area contributed by atoms with E-state index in [2.05, 4.69) is 15.5 Å². The molecule has 0 saturated carbocycles. The van der Waals surface area contributed by atoms with Crippen molar-refractivity contribution in [2.75, 3.05) is 20.6 Å². The van der Waals surface area contributed by atoms with E-state index < -0.39 is 0 Å². The number of amides is 1. The lowest BCUT2D eigenvalue weighted by molar-refractivity contribution is -0.120. The Morgan fingerprint density at radius 2 is 2.22 bits per heavy atom. The number of rotatable bonds is 7. The Kier molecular flexibility index (Phi) is 6.14. The lowest BCUT2D eigenvalue weighted by atomic mass is 10.4. The third-order valence-corrected chi connectivity index (χ3v) is 3.03. The molecule has 1 heterocycles. The zero-order chi connectivity index (χ0) is 13.5. The van der Waals surface area contributed by atoms with Gasteiger partial charge in [-0.05, 0) is 27.4 Å². The van der Waals surface area contributed by atoms with Crippen LogP contribution in [0.25, 0.3) is 0 Å². The van der Waals surface area contributed by atoms with E-state index in [1.807, 2.05) is 32.8 Å². The molecule has 0 bridgehead atoms. The molecule has 1 aromatic rings. The van der Waals surface area contributed by atoms with Crippen LogP contribution in [-0.4, -0.2) is 46.9 Å². The van der Waals surface area contributed by atoms with E-state index in [0.717, 1.165) is 6.42 Å². The highest BCUT2D eigenvalue weighted by Crippen LogP contribution is 2.21. The highest BCUT2D eigenvalue weighted by Gasteiger charge is 2.17. The van der Waals surface area contributed by atoms with Gasteiger partial charge in [0.2, 0.25) is 11.8 Å². The third kappa shape index (κ3) is 5.05. The van der Waals surface area contributed by atoms with Crippen molar-refractivity contribution >= 4 is 17.7 Å². The second kappa shape index (κ2) is 7.38. The number of thioether (sulfide) groups is 1. The molecule has 7 heteroatoms. The van der Waals surface area contributed by atoms with Crippen molar-refractivity contribution in [3.05, 3.63) is 5.89 Å². The van der Waals surface area contributed by atoms with Crippen LogP contribution in [0.1, 0.15) is 26.2 Å². The molecule has 0 aromatic carbocycles.